The van der Waals surface area contributed by atoms with Crippen molar-refractivity contribution < 1.29 is 14.7 Å². The number of aromatic amines is 1. The third-order valence-electron chi connectivity index (χ3n) is 4.23. The minimum atomic E-state index is -1.07. The van der Waals surface area contributed by atoms with Crippen molar-refractivity contribution in [3.05, 3.63) is 39.5 Å². The van der Waals surface area contributed by atoms with Gasteiger partial charge in [0, 0.05) is 17.9 Å². The Bertz CT molecular complexity index is 771. The lowest BCUT2D eigenvalue weighted by atomic mass is 10.1. The van der Waals surface area contributed by atoms with Crippen molar-refractivity contribution in [2.75, 3.05) is 6.54 Å². The zero-order valence-corrected chi connectivity index (χ0v) is 14.1. The first-order valence-electron chi connectivity index (χ1n) is 7.45. The average Bonchev–Trinajstić information content (AvgIpc) is 2.90. The number of hydrogen-bond donors (Lipinski definition) is 3. The standard InChI is InChI=1S/C16H22N4O3/c1-8-10(3)19-20(12(8)5)7-6-17-15(21)13-9(2)14(16(22)23)18-11(13)4/h18H,6-7H2,1-5H3,(H,17,21)(H,22,23). The molecule has 2 rings (SSSR count). The number of carboxylic acid groups (broad SMARTS) is 1. The number of rotatable bonds is 5. The molecule has 0 aromatic carbocycles. The summed E-state index contributed by atoms with van der Waals surface area (Å²) in [6, 6.07) is 0. The van der Waals surface area contributed by atoms with Crippen LogP contribution in [0.2, 0.25) is 0 Å². The second-order valence-corrected chi connectivity index (χ2v) is 5.71. The van der Waals surface area contributed by atoms with Crippen LogP contribution >= 0.6 is 0 Å². The Morgan fingerprint density at radius 3 is 2.30 bits per heavy atom. The summed E-state index contributed by atoms with van der Waals surface area (Å²) < 4.78 is 1.87. The van der Waals surface area contributed by atoms with Crippen molar-refractivity contribution >= 4 is 11.9 Å². The van der Waals surface area contributed by atoms with E-state index in [9.17, 15) is 9.59 Å². The van der Waals surface area contributed by atoms with Crippen LogP contribution in [0.5, 0.6) is 0 Å². The van der Waals surface area contributed by atoms with Crippen LogP contribution in [0.1, 0.15) is 49.1 Å². The molecule has 0 bridgehead atoms. The number of amides is 1. The molecular formula is C16H22N4O3. The first-order chi connectivity index (χ1) is 10.7. The highest BCUT2D eigenvalue weighted by atomic mass is 16.4. The quantitative estimate of drug-likeness (QED) is 0.783. The molecule has 0 aliphatic carbocycles. The van der Waals surface area contributed by atoms with E-state index in [2.05, 4.69) is 15.4 Å². The number of carbonyl (C=O) groups excluding carboxylic acids is 1. The van der Waals surface area contributed by atoms with Crippen molar-refractivity contribution in [3.63, 3.8) is 0 Å². The summed E-state index contributed by atoms with van der Waals surface area (Å²) in [5, 5.41) is 16.3. The van der Waals surface area contributed by atoms with Crippen molar-refractivity contribution in [2.45, 2.75) is 41.2 Å². The van der Waals surface area contributed by atoms with E-state index in [0.29, 0.717) is 29.9 Å². The third kappa shape index (κ3) is 3.13. The largest absolute Gasteiger partial charge is 0.477 e. The number of nitrogens with one attached hydrogen (secondary N) is 2. The Hall–Kier alpha value is -2.57. The van der Waals surface area contributed by atoms with Crippen LogP contribution in [0.4, 0.5) is 0 Å². The van der Waals surface area contributed by atoms with E-state index in [-0.39, 0.29) is 11.6 Å². The van der Waals surface area contributed by atoms with Gasteiger partial charge in [0.1, 0.15) is 5.69 Å². The molecule has 1 amide bonds. The molecule has 0 radical (unpaired) electrons. The average molecular weight is 318 g/mol. The number of H-pyrrole nitrogens is 1. The van der Waals surface area contributed by atoms with E-state index in [1.807, 2.05) is 25.5 Å². The van der Waals surface area contributed by atoms with Gasteiger partial charge in [0.2, 0.25) is 0 Å². The normalized spacial score (nSPS) is 10.8. The lowest BCUT2D eigenvalue weighted by molar-refractivity contribution is 0.0690. The smallest absolute Gasteiger partial charge is 0.352 e. The fourth-order valence-electron chi connectivity index (χ4n) is 2.67. The fraction of sp³-hybridized carbons (Fsp3) is 0.438. The van der Waals surface area contributed by atoms with Gasteiger partial charge < -0.3 is 15.4 Å². The molecule has 0 aliphatic rings. The Labute approximate surface area is 134 Å². The molecule has 0 unspecified atom stereocenters. The molecule has 0 spiro atoms. The molecular weight excluding hydrogens is 296 g/mol. The number of aryl methyl sites for hydroxylation is 2. The Balaban J connectivity index is 2.06. The minimum Gasteiger partial charge on any atom is -0.477 e. The van der Waals surface area contributed by atoms with Crippen LogP contribution in [-0.4, -0.2) is 38.3 Å². The van der Waals surface area contributed by atoms with Crippen molar-refractivity contribution in [3.8, 4) is 0 Å². The predicted octanol–water partition coefficient (Wildman–Crippen LogP) is 1.88. The number of nitrogens with zero attached hydrogens (tertiary/aromatic N) is 2. The number of carbonyl (C=O) groups is 2. The summed E-state index contributed by atoms with van der Waals surface area (Å²) in [7, 11) is 0. The summed E-state index contributed by atoms with van der Waals surface area (Å²) in [6.07, 6.45) is 0. The second kappa shape index (κ2) is 6.28. The van der Waals surface area contributed by atoms with Gasteiger partial charge in [-0.3, -0.25) is 9.48 Å². The zero-order valence-electron chi connectivity index (χ0n) is 14.1. The van der Waals surface area contributed by atoms with E-state index in [1.165, 1.54) is 0 Å². The van der Waals surface area contributed by atoms with Crippen LogP contribution in [-0.2, 0) is 6.54 Å². The van der Waals surface area contributed by atoms with Gasteiger partial charge in [0.15, 0.2) is 0 Å². The van der Waals surface area contributed by atoms with Gasteiger partial charge in [-0.05, 0) is 45.7 Å². The SMILES string of the molecule is Cc1nn(CCNC(=O)c2c(C)[nH]c(C(=O)O)c2C)c(C)c1C. The van der Waals surface area contributed by atoms with Crippen LogP contribution < -0.4 is 5.32 Å². The van der Waals surface area contributed by atoms with Gasteiger partial charge in [0.05, 0.1) is 17.8 Å². The molecule has 7 nitrogen and oxygen atoms in total. The van der Waals surface area contributed by atoms with E-state index in [0.717, 1.165) is 17.0 Å². The molecule has 0 aliphatic heterocycles. The summed E-state index contributed by atoms with van der Waals surface area (Å²) in [4.78, 5) is 26.2. The maximum atomic E-state index is 12.3. The van der Waals surface area contributed by atoms with Crippen LogP contribution in [0, 0.1) is 34.6 Å². The van der Waals surface area contributed by atoms with E-state index < -0.39 is 5.97 Å². The highest BCUT2D eigenvalue weighted by Crippen LogP contribution is 2.17. The summed E-state index contributed by atoms with van der Waals surface area (Å²) in [5.41, 5.74) is 4.68. The monoisotopic (exact) mass is 318 g/mol. The van der Waals surface area contributed by atoms with Crippen molar-refractivity contribution in [2.24, 2.45) is 0 Å². The van der Waals surface area contributed by atoms with Crippen LogP contribution in [0.15, 0.2) is 0 Å². The third-order valence-corrected chi connectivity index (χ3v) is 4.23. The molecule has 0 atom stereocenters. The van der Waals surface area contributed by atoms with Gasteiger partial charge in [0.25, 0.3) is 5.91 Å². The van der Waals surface area contributed by atoms with Gasteiger partial charge in [-0.15, -0.1) is 0 Å². The number of carboxylic acids is 1. The zero-order chi connectivity index (χ0) is 17.3. The lowest BCUT2D eigenvalue weighted by Crippen LogP contribution is -2.28. The molecule has 23 heavy (non-hydrogen) atoms. The maximum absolute atomic E-state index is 12.3. The topological polar surface area (TPSA) is 100 Å². The van der Waals surface area contributed by atoms with Gasteiger partial charge in [-0.2, -0.15) is 5.10 Å². The first kappa shape index (κ1) is 16.8. The molecule has 124 valence electrons. The molecule has 2 heterocycles. The van der Waals surface area contributed by atoms with Crippen LogP contribution in [0.3, 0.4) is 0 Å². The first-order valence-corrected chi connectivity index (χ1v) is 7.45. The minimum absolute atomic E-state index is 0.0572. The van der Waals surface area contributed by atoms with Gasteiger partial charge in [-0.25, -0.2) is 4.79 Å². The number of hydrogen-bond acceptors (Lipinski definition) is 3. The molecule has 0 fully saturated rings. The molecule has 2 aromatic heterocycles. The predicted molar refractivity (Wildman–Crippen MR) is 86.0 cm³/mol. The summed E-state index contributed by atoms with van der Waals surface area (Å²) >= 11 is 0. The number of aromatic nitrogens is 3. The van der Waals surface area contributed by atoms with Gasteiger partial charge >= 0.3 is 5.97 Å². The second-order valence-electron chi connectivity index (χ2n) is 5.71. The Kier molecular flexibility index (Phi) is 4.58. The molecule has 7 heteroatoms. The van der Waals surface area contributed by atoms with Crippen LogP contribution in [0.25, 0.3) is 0 Å². The molecule has 0 saturated heterocycles. The van der Waals surface area contributed by atoms with E-state index in [4.69, 9.17) is 5.11 Å². The maximum Gasteiger partial charge on any atom is 0.352 e. The molecule has 0 saturated carbocycles. The summed E-state index contributed by atoms with van der Waals surface area (Å²) in [5.74, 6) is -1.34. The van der Waals surface area contributed by atoms with Crippen molar-refractivity contribution in [1.29, 1.82) is 0 Å². The highest BCUT2D eigenvalue weighted by Gasteiger charge is 2.21. The Morgan fingerprint density at radius 1 is 1.17 bits per heavy atom. The van der Waals surface area contributed by atoms with E-state index >= 15 is 0 Å². The highest BCUT2D eigenvalue weighted by molar-refractivity contribution is 6.00. The number of aromatic carboxylic acids is 1. The van der Waals surface area contributed by atoms with E-state index in [1.54, 1.807) is 13.8 Å². The lowest BCUT2D eigenvalue weighted by Gasteiger charge is -2.08. The Morgan fingerprint density at radius 2 is 1.83 bits per heavy atom. The molecule has 3 N–H and O–H groups in total. The van der Waals surface area contributed by atoms with Gasteiger partial charge in [-0.1, -0.05) is 0 Å². The fourth-order valence-corrected chi connectivity index (χ4v) is 2.67. The molecule has 2 aromatic rings. The summed E-state index contributed by atoms with van der Waals surface area (Å²) in [6.45, 7) is 10.3. The van der Waals surface area contributed by atoms with Crippen molar-refractivity contribution in [1.82, 2.24) is 20.1 Å².